The third-order valence-corrected chi connectivity index (χ3v) is 5.11. The maximum Gasteiger partial charge on any atom is 0.219 e. The van der Waals surface area contributed by atoms with E-state index in [9.17, 15) is 4.79 Å². The van der Waals surface area contributed by atoms with Gasteiger partial charge in [-0.05, 0) is 43.5 Å². The standard InChI is InChI=1S/C18H23N3O/c1-15(22)21-9-2-7-18(14-21)8-10-20(13-18)12-17-5-3-16(11-19)4-6-17/h3-6H,2,7-10,12-14H2,1H3/t18-/m0/s1. The van der Waals surface area contributed by atoms with Crippen LogP contribution in [0.5, 0.6) is 0 Å². The van der Waals surface area contributed by atoms with Gasteiger partial charge in [0.25, 0.3) is 0 Å². The van der Waals surface area contributed by atoms with Gasteiger partial charge in [-0.3, -0.25) is 9.69 Å². The molecule has 0 saturated carbocycles. The van der Waals surface area contributed by atoms with Gasteiger partial charge in [0.2, 0.25) is 5.91 Å². The molecule has 3 rings (SSSR count). The SMILES string of the molecule is CC(=O)N1CCC[C@@]2(CCN(Cc3ccc(C#N)cc3)C2)C1. The van der Waals surface area contributed by atoms with Crippen molar-refractivity contribution in [1.29, 1.82) is 5.26 Å². The number of likely N-dealkylation sites (tertiary alicyclic amines) is 2. The number of nitriles is 1. The normalized spacial score (nSPS) is 25.4. The summed E-state index contributed by atoms with van der Waals surface area (Å²) in [7, 11) is 0. The Balaban J connectivity index is 1.61. The number of carbonyl (C=O) groups is 1. The molecule has 4 nitrogen and oxygen atoms in total. The molecule has 0 bridgehead atoms. The first-order chi connectivity index (χ1) is 10.6. The van der Waals surface area contributed by atoms with E-state index in [2.05, 4.69) is 11.0 Å². The number of benzene rings is 1. The predicted molar refractivity (Wildman–Crippen MR) is 85.0 cm³/mol. The Hall–Kier alpha value is -1.86. The number of carbonyl (C=O) groups excluding carboxylic acids is 1. The van der Waals surface area contributed by atoms with Crippen molar-refractivity contribution in [2.45, 2.75) is 32.7 Å². The third-order valence-electron chi connectivity index (χ3n) is 5.11. The number of piperidine rings is 1. The maximum atomic E-state index is 11.7. The molecule has 0 aromatic heterocycles. The monoisotopic (exact) mass is 297 g/mol. The van der Waals surface area contributed by atoms with Crippen LogP contribution in [0.3, 0.4) is 0 Å². The third kappa shape index (κ3) is 3.15. The molecule has 2 fully saturated rings. The van der Waals surface area contributed by atoms with Crippen LogP contribution in [0.1, 0.15) is 37.3 Å². The van der Waals surface area contributed by atoms with Gasteiger partial charge in [-0.1, -0.05) is 12.1 Å². The molecule has 4 heteroatoms. The second-order valence-electron chi connectivity index (χ2n) is 6.81. The van der Waals surface area contributed by atoms with E-state index in [0.29, 0.717) is 11.0 Å². The Labute approximate surface area is 132 Å². The van der Waals surface area contributed by atoms with E-state index >= 15 is 0 Å². The van der Waals surface area contributed by atoms with E-state index in [0.717, 1.165) is 39.1 Å². The molecule has 1 amide bonds. The molecule has 1 atom stereocenters. The second kappa shape index (κ2) is 6.10. The van der Waals surface area contributed by atoms with Crippen molar-refractivity contribution in [1.82, 2.24) is 9.80 Å². The van der Waals surface area contributed by atoms with Crippen LogP contribution in [0.2, 0.25) is 0 Å². The largest absolute Gasteiger partial charge is 0.342 e. The lowest BCUT2D eigenvalue weighted by atomic mass is 9.79. The molecule has 0 unspecified atom stereocenters. The van der Waals surface area contributed by atoms with Crippen molar-refractivity contribution in [2.24, 2.45) is 5.41 Å². The first kappa shape index (κ1) is 15.1. The van der Waals surface area contributed by atoms with Gasteiger partial charge >= 0.3 is 0 Å². The minimum absolute atomic E-state index is 0.213. The zero-order valence-electron chi connectivity index (χ0n) is 13.2. The number of nitrogens with zero attached hydrogens (tertiary/aromatic N) is 3. The summed E-state index contributed by atoms with van der Waals surface area (Å²) in [6, 6.07) is 10.0. The van der Waals surface area contributed by atoms with Gasteiger partial charge < -0.3 is 4.90 Å². The summed E-state index contributed by atoms with van der Waals surface area (Å²) in [6.45, 7) is 6.65. The number of amides is 1. The second-order valence-corrected chi connectivity index (χ2v) is 6.81. The predicted octanol–water partition coefficient (Wildman–Crippen LogP) is 2.39. The van der Waals surface area contributed by atoms with Crippen molar-refractivity contribution < 1.29 is 4.79 Å². The smallest absolute Gasteiger partial charge is 0.219 e. The molecule has 1 aromatic rings. The van der Waals surface area contributed by atoms with E-state index in [1.165, 1.54) is 18.4 Å². The van der Waals surface area contributed by atoms with E-state index in [1.54, 1.807) is 6.92 Å². The first-order valence-corrected chi connectivity index (χ1v) is 8.07. The highest BCUT2D eigenvalue weighted by Crippen LogP contribution is 2.39. The van der Waals surface area contributed by atoms with Crippen molar-refractivity contribution in [3.63, 3.8) is 0 Å². The topological polar surface area (TPSA) is 47.3 Å². The summed E-state index contributed by atoms with van der Waals surface area (Å²) >= 11 is 0. The Morgan fingerprint density at radius 2 is 2.00 bits per heavy atom. The van der Waals surface area contributed by atoms with Crippen molar-refractivity contribution >= 4 is 5.91 Å². The average molecular weight is 297 g/mol. The zero-order valence-corrected chi connectivity index (χ0v) is 13.2. The molecule has 1 aromatic carbocycles. The number of rotatable bonds is 2. The van der Waals surface area contributed by atoms with Crippen LogP contribution in [-0.4, -0.2) is 41.9 Å². The summed E-state index contributed by atoms with van der Waals surface area (Å²) in [5.74, 6) is 0.213. The molecule has 0 N–H and O–H groups in total. The van der Waals surface area contributed by atoms with E-state index in [1.807, 2.05) is 29.2 Å². The summed E-state index contributed by atoms with van der Waals surface area (Å²) in [5, 5.41) is 8.86. The maximum absolute atomic E-state index is 11.7. The highest BCUT2D eigenvalue weighted by atomic mass is 16.2. The van der Waals surface area contributed by atoms with Crippen LogP contribution >= 0.6 is 0 Å². The molecular weight excluding hydrogens is 274 g/mol. The molecule has 2 heterocycles. The molecule has 22 heavy (non-hydrogen) atoms. The summed E-state index contributed by atoms with van der Waals surface area (Å²) in [4.78, 5) is 16.2. The molecule has 2 aliphatic rings. The van der Waals surface area contributed by atoms with Crippen LogP contribution in [0.4, 0.5) is 0 Å². The van der Waals surface area contributed by atoms with E-state index in [4.69, 9.17) is 5.26 Å². The molecular formula is C18H23N3O. The summed E-state index contributed by atoms with van der Waals surface area (Å²) in [5.41, 5.74) is 2.28. The molecule has 1 spiro atoms. The van der Waals surface area contributed by atoms with Crippen LogP contribution < -0.4 is 0 Å². The zero-order chi connectivity index (χ0) is 15.6. The first-order valence-electron chi connectivity index (χ1n) is 8.07. The van der Waals surface area contributed by atoms with Crippen LogP contribution in [0, 0.1) is 16.7 Å². The van der Waals surface area contributed by atoms with Gasteiger partial charge in [-0.25, -0.2) is 0 Å². The minimum atomic E-state index is 0.213. The Morgan fingerprint density at radius 3 is 2.68 bits per heavy atom. The van der Waals surface area contributed by atoms with Gasteiger partial charge in [-0.2, -0.15) is 5.26 Å². The van der Waals surface area contributed by atoms with Gasteiger partial charge in [-0.15, -0.1) is 0 Å². The molecule has 2 aliphatic heterocycles. The highest BCUT2D eigenvalue weighted by molar-refractivity contribution is 5.73. The number of hydrogen-bond donors (Lipinski definition) is 0. The molecule has 2 saturated heterocycles. The van der Waals surface area contributed by atoms with Gasteiger partial charge in [0, 0.05) is 38.5 Å². The van der Waals surface area contributed by atoms with Crippen molar-refractivity contribution in [3.8, 4) is 6.07 Å². The van der Waals surface area contributed by atoms with Gasteiger partial charge in [0.05, 0.1) is 11.6 Å². The summed E-state index contributed by atoms with van der Waals surface area (Å²) in [6.07, 6.45) is 3.55. The van der Waals surface area contributed by atoms with Crippen LogP contribution in [0.25, 0.3) is 0 Å². The van der Waals surface area contributed by atoms with Crippen LogP contribution in [0.15, 0.2) is 24.3 Å². The van der Waals surface area contributed by atoms with Crippen molar-refractivity contribution in [3.05, 3.63) is 35.4 Å². The van der Waals surface area contributed by atoms with E-state index in [-0.39, 0.29) is 5.91 Å². The Morgan fingerprint density at radius 1 is 1.23 bits per heavy atom. The average Bonchev–Trinajstić information content (AvgIpc) is 2.90. The van der Waals surface area contributed by atoms with Crippen LogP contribution in [-0.2, 0) is 11.3 Å². The fourth-order valence-corrected chi connectivity index (χ4v) is 3.92. The highest BCUT2D eigenvalue weighted by Gasteiger charge is 2.41. The van der Waals surface area contributed by atoms with Crippen molar-refractivity contribution in [2.75, 3.05) is 26.2 Å². The Bertz CT molecular complexity index is 589. The molecule has 116 valence electrons. The Kier molecular flexibility index (Phi) is 4.17. The fourth-order valence-electron chi connectivity index (χ4n) is 3.92. The lowest BCUT2D eigenvalue weighted by molar-refractivity contribution is -0.132. The van der Waals surface area contributed by atoms with E-state index < -0.39 is 0 Å². The number of hydrogen-bond acceptors (Lipinski definition) is 3. The molecule has 0 radical (unpaired) electrons. The van der Waals surface area contributed by atoms with Gasteiger partial charge in [0.15, 0.2) is 0 Å². The summed E-state index contributed by atoms with van der Waals surface area (Å²) < 4.78 is 0. The lowest BCUT2D eigenvalue weighted by Gasteiger charge is -2.40. The minimum Gasteiger partial charge on any atom is -0.342 e. The molecule has 0 aliphatic carbocycles. The fraction of sp³-hybridized carbons (Fsp3) is 0.556. The van der Waals surface area contributed by atoms with Gasteiger partial charge in [0.1, 0.15) is 0 Å². The quantitative estimate of drug-likeness (QED) is 0.842. The lowest BCUT2D eigenvalue weighted by Crippen LogP contribution is -2.46.